The zero-order valence-corrected chi connectivity index (χ0v) is 16.1. The molecule has 4 nitrogen and oxygen atoms in total. The number of methoxy groups -OCH3 is 2. The molecule has 0 aromatic heterocycles. The number of hydrogen-bond acceptors (Lipinski definition) is 4. The fourth-order valence-corrected chi connectivity index (χ4v) is 3.17. The van der Waals surface area contributed by atoms with Crippen LogP contribution in [-0.4, -0.2) is 33.4 Å². The van der Waals surface area contributed by atoms with Crippen LogP contribution in [0.2, 0.25) is 0 Å². The minimum Gasteiger partial charge on any atom is -0.497 e. The fraction of sp³-hybridized carbons (Fsp3) is 0.217. The number of nitrogens with zero attached hydrogens (tertiary/aromatic N) is 1. The Bertz CT molecular complexity index is 839. The predicted molar refractivity (Wildman–Crippen MR) is 109 cm³/mol. The smallest absolute Gasteiger partial charge is 0.140 e. The van der Waals surface area contributed by atoms with E-state index in [2.05, 4.69) is 0 Å². The van der Waals surface area contributed by atoms with Gasteiger partial charge in [0.05, 0.1) is 14.2 Å². The van der Waals surface area contributed by atoms with E-state index >= 15 is 0 Å². The molecule has 0 unspecified atom stereocenters. The molecule has 0 bridgehead atoms. The largest absolute Gasteiger partial charge is 0.497 e. The van der Waals surface area contributed by atoms with Gasteiger partial charge in [0.25, 0.3) is 0 Å². The summed E-state index contributed by atoms with van der Waals surface area (Å²) in [6.07, 6.45) is 0. The second kappa shape index (κ2) is 7.72. The number of anilines is 1. The molecule has 0 saturated heterocycles. The molecular weight excluding hydrogens is 338 g/mol. The van der Waals surface area contributed by atoms with Gasteiger partial charge in [-0.15, -0.1) is 0 Å². The molecule has 3 rings (SSSR count). The minimum atomic E-state index is -1.30. The molecule has 3 aromatic rings. The van der Waals surface area contributed by atoms with Crippen LogP contribution in [0.3, 0.4) is 0 Å². The molecule has 1 N–H and O–H groups in total. The van der Waals surface area contributed by atoms with Gasteiger partial charge in [-0.1, -0.05) is 36.4 Å². The van der Waals surface area contributed by atoms with E-state index in [1.54, 1.807) is 14.2 Å². The van der Waals surface area contributed by atoms with E-state index in [1.165, 1.54) is 0 Å². The molecule has 0 atom stereocenters. The molecule has 0 fully saturated rings. The third-order valence-corrected chi connectivity index (χ3v) is 4.80. The zero-order chi connectivity index (χ0) is 19.4. The lowest BCUT2D eigenvalue weighted by Gasteiger charge is -2.31. The lowest BCUT2D eigenvalue weighted by molar-refractivity contribution is 0.125. The Morgan fingerprint density at radius 2 is 1.19 bits per heavy atom. The van der Waals surface area contributed by atoms with Gasteiger partial charge in [0, 0.05) is 19.8 Å². The summed E-state index contributed by atoms with van der Waals surface area (Å²) in [6.45, 7) is 0. The predicted octanol–water partition coefficient (Wildman–Crippen LogP) is 4.05. The molecule has 0 saturated carbocycles. The van der Waals surface area contributed by atoms with E-state index in [-0.39, 0.29) is 0 Å². The monoisotopic (exact) mass is 363 g/mol. The Morgan fingerprint density at radius 1 is 0.704 bits per heavy atom. The van der Waals surface area contributed by atoms with E-state index in [0.29, 0.717) is 0 Å². The quantitative estimate of drug-likeness (QED) is 0.671. The van der Waals surface area contributed by atoms with Crippen molar-refractivity contribution in [2.45, 2.75) is 5.60 Å². The number of ether oxygens (including phenoxy) is 2. The van der Waals surface area contributed by atoms with E-state index < -0.39 is 5.60 Å². The van der Waals surface area contributed by atoms with Crippen LogP contribution in [0.15, 0.2) is 72.8 Å². The number of hydrogen-bond donors (Lipinski definition) is 1. The third kappa shape index (κ3) is 3.62. The Balaban J connectivity index is 2.19. The van der Waals surface area contributed by atoms with E-state index in [4.69, 9.17) is 9.47 Å². The topological polar surface area (TPSA) is 41.9 Å². The van der Waals surface area contributed by atoms with Gasteiger partial charge in [0.15, 0.2) is 0 Å². The van der Waals surface area contributed by atoms with Crippen LogP contribution in [0.4, 0.5) is 5.69 Å². The van der Waals surface area contributed by atoms with Gasteiger partial charge in [-0.25, -0.2) is 0 Å². The molecule has 0 spiro atoms. The highest BCUT2D eigenvalue weighted by molar-refractivity contribution is 5.55. The zero-order valence-electron chi connectivity index (χ0n) is 16.1. The number of aliphatic hydroxyl groups is 1. The maximum Gasteiger partial charge on any atom is 0.140 e. The van der Waals surface area contributed by atoms with Crippen LogP contribution in [-0.2, 0) is 5.60 Å². The van der Waals surface area contributed by atoms with Crippen LogP contribution in [0.5, 0.6) is 11.5 Å². The third-order valence-electron chi connectivity index (χ3n) is 4.80. The van der Waals surface area contributed by atoms with Crippen LogP contribution in [0, 0.1) is 0 Å². The molecule has 4 heteroatoms. The molecule has 3 aromatic carbocycles. The molecule has 0 radical (unpaired) electrons. The summed E-state index contributed by atoms with van der Waals surface area (Å²) in [7, 11) is 7.23. The summed E-state index contributed by atoms with van der Waals surface area (Å²) in [5.41, 5.74) is 2.05. The summed E-state index contributed by atoms with van der Waals surface area (Å²) in [5.74, 6) is 1.50. The summed E-state index contributed by atoms with van der Waals surface area (Å²) in [4.78, 5) is 2.02. The fourth-order valence-electron chi connectivity index (χ4n) is 3.17. The van der Waals surface area contributed by atoms with Crippen molar-refractivity contribution in [1.29, 1.82) is 0 Å². The molecular formula is C23H25NO3. The Labute approximate surface area is 160 Å². The van der Waals surface area contributed by atoms with Crippen LogP contribution in [0.1, 0.15) is 16.7 Å². The highest BCUT2D eigenvalue weighted by Gasteiger charge is 2.34. The molecule has 140 valence electrons. The minimum absolute atomic E-state index is 0.748. The summed E-state index contributed by atoms with van der Waals surface area (Å²) < 4.78 is 10.5. The van der Waals surface area contributed by atoms with Crippen molar-refractivity contribution in [3.8, 4) is 11.5 Å². The van der Waals surface area contributed by atoms with Crippen molar-refractivity contribution < 1.29 is 14.6 Å². The second-order valence-corrected chi connectivity index (χ2v) is 6.61. The van der Waals surface area contributed by atoms with E-state index in [0.717, 1.165) is 33.9 Å². The first-order chi connectivity index (χ1) is 13.0. The van der Waals surface area contributed by atoms with Gasteiger partial charge in [-0.2, -0.15) is 0 Å². The van der Waals surface area contributed by atoms with Gasteiger partial charge in [-0.05, 0) is 53.1 Å². The van der Waals surface area contributed by atoms with Crippen molar-refractivity contribution in [2.24, 2.45) is 0 Å². The first kappa shape index (κ1) is 18.8. The maximum atomic E-state index is 12.0. The molecule has 0 aliphatic rings. The van der Waals surface area contributed by atoms with Crippen molar-refractivity contribution in [1.82, 2.24) is 0 Å². The van der Waals surface area contributed by atoms with Crippen LogP contribution >= 0.6 is 0 Å². The van der Waals surface area contributed by atoms with Crippen molar-refractivity contribution >= 4 is 5.69 Å². The average molecular weight is 363 g/mol. The molecule has 27 heavy (non-hydrogen) atoms. The molecule has 0 aliphatic heterocycles. The summed E-state index contributed by atoms with van der Waals surface area (Å²) in [5, 5.41) is 12.0. The average Bonchev–Trinajstić information content (AvgIpc) is 2.73. The van der Waals surface area contributed by atoms with Crippen molar-refractivity contribution in [2.75, 3.05) is 33.2 Å². The van der Waals surface area contributed by atoms with Crippen LogP contribution < -0.4 is 14.4 Å². The van der Waals surface area contributed by atoms with Crippen LogP contribution in [0.25, 0.3) is 0 Å². The van der Waals surface area contributed by atoms with Crippen molar-refractivity contribution in [3.05, 3.63) is 89.5 Å². The number of rotatable bonds is 6. The first-order valence-electron chi connectivity index (χ1n) is 8.78. The first-order valence-corrected chi connectivity index (χ1v) is 8.78. The lowest BCUT2D eigenvalue weighted by Crippen LogP contribution is -2.29. The van der Waals surface area contributed by atoms with Gasteiger partial charge < -0.3 is 19.5 Å². The van der Waals surface area contributed by atoms with Crippen molar-refractivity contribution in [3.63, 3.8) is 0 Å². The highest BCUT2D eigenvalue weighted by Crippen LogP contribution is 2.39. The lowest BCUT2D eigenvalue weighted by atomic mass is 9.80. The summed E-state index contributed by atoms with van der Waals surface area (Å²) >= 11 is 0. The maximum absolute atomic E-state index is 12.0. The van der Waals surface area contributed by atoms with Gasteiger partial charge in [-0.3, -0.25) is 0 Å². The Morgan fingerprint density at radius 3 is 1.59 bits per heavy atom. The molecule has 0 aliphatic carbocycles. The molecule has 0 heterocycles. The Kier molecular flexibility index (Phi) is 5.38. The second-order valence-electron chi connectivity index (χ2n) is 6.61. The number of benzene rings is 3. The molecule has 0 amide bonds. The van der Waals surface area contributed by atoms with E-state index in [9.17, 15) is 5.11 Å². The standard InChI is InChI=1S/C23H25NO3/c1-24(2)20-7-5-6-19(16-20)23(25,17-8-12-21(26-3)13-9-17)18-10-14-22(27-4)15-11-18/h5-16,25H,1-4H3. The SMILES string of the molecule is COc1ccc(C(O)(c2ccc(OC)cc2)c2cccc(N(C)C)c2)cc1. The van der Waals surface area contributed by atoms with Gasteiger partial charge in [0.2, 0.25) is 0 Å². The van der Waals surface area contributed by atoms with E-state index in [1.807, 2.05) is 91.8 Å². The summed E-state index contributed by atoms with van der Waals surface area (Å²) in [6, 6.07) is 23.0. The van der Waals surface area contributed by atoms with Gasteiger partial charge in [0.1, 0.15) is 17.1 Å². The van der Waals surface area contributed by atoms with Gasteiger partial charge >= 0.3 is 0 Å². The normalized spacial score (nSPS) is 11.1. The Hall–Kier alpha value is -2.98. The highest BCUT2D eigenvalue weighted by atomic mass is 16.5.